The third-order valence-electron chi connectivity index (χ3n) is 2.65. The van der Waals surface area contributed by atoms with Crippen LogP contribution in [-0.4, -0.2) is 24.8 Å². The van der Waals surface area contributed by atoms with Gasteiger partial charge in [0.1, 0.15) is 0 Å². The van der Waals surface area contributed by atoms with Gasteiger partial charge in [-0.25, -0.2) is 4.79 Å². The van der Waals surface area contributed by atoms with Gasteiger partial charge in [-0.05, 0) is 39.5 Å². The van der Waals surface area contributed by atoms with Gasteiger partial charge < -0.3 is 14.6 Å². The van der Waals surface area contributed by atoms with E-state index in [1.807, 2.05) is 17.5 Å². The maximum absolute atomic E-state index is 11.0. The van der Waals surface area contributed by atoms with Crippen molar-refractivity contribution in [2.45, 2.75) is 6.42 Å². The second kappa shape index (κ2) is 6.76. The monoisotopic (exact) mass is 356 g/mol. The molecule has 0 fully saturated rings. The lowest BCUT2D eigenvalue weighted by atomic mass is 10.2. The van der Waals surface area contributed by atoms with E-state index in [0.717, 1.165) is 6.42 Å². The number of halogens is 1. The molecule has 0 aliphatic carbocycles. The standard InChI is InChI=1S/C14H13BrO4S/c1-18-12-8-9(14(16)17)7-11(15)13(12)19-5-4-10-3-2-6-20-10/h2-3,6-8H,4-5H2,1H3,(H,16,17). The number of ether oxygens (including phenoxy) is 2. The van der Waals surface area contributed by atoms with Crippen LogP contribution in [0.15, 0.2) is 34.1 Å². The quantitative estimate of drug-likeness (QED) is 0.854. The minimum atomic E-state index is -1.01. The molecule has 2 rings (SSSR count). The molecule has 106 valence electrons. The van der Waals surface area contributed by atoms with Gasteiger partial charge in [-0.3, -0.25) is 0 Å². The molecule has 6 heteroatoms. The smallest absolute Gasteiger partial charge is 0.335 e. The van der Waals surface area contributed by atoms with Gasteiger partial charge in [-0.15, -0.1) is 11.3 Å². The number of hydrogen-bond acceptors (Lipinski definition) is 4. The van der Waals surface area contributed by atoms with Crippen molar-refractivity contribution in [1.29, 1.82) is 0 Å². The highest BCUT2D eigenvalue weighted by Gasteiger charge is 2.15. The summed E-state index contributed by atoms with van der Waals surface area (Å²) >= 11 is 5.00. The minimum absolute atomic E-state index is 0.152. The predicted molar refractivity (Wildman–Crippen MR) is 81.2 cm³/mol. The molecule has 0 saturated carbocycles. The molecule has 0 spiro atoms. The molecular weight excluding hydrogens is 344 g/mol. The van der Waals surface area contributed by atoms with Crippen LogP contribution in [0.3, 0.4) is 0 Å². The van der Waals surface area contributed by atoms with Gasteiger partial charge in [0.15, 0.2) is 11.5 Å². The number of carboxylic acids is 1. The van der Waals surface area contributed by atoms with Crippen molar-refractivity contribution in [2.24, 2.45) is 0 Å². The van der Waals surface area contributed by atoms with Gasteiger partial charge >= 0.3 is 5.97 Å². The maximum Gasteiger partial charge on any atom is 0.335 e. The van der Waals surface area contributed by atoms with E-state index in [1.54, 1.807) is 11.3 Å². The first-order chi connectivity index (χ1) is 9.61. The summed E-state index contributed by atoms with van der Waals surface area (Å²) in [4.78, 5) is 12.2. The van der Waals surface area contributed by atoms with E-state index in [9.17, 15) is 4.79 Å². The molecule has 20 heavy (non-hydrogen) atoms. The van der Waals surface area contributed by atoms with E-state index in [-0.39, 0.29) is 5.56 Å². The van der Waals surface area contributed by atoms with E-state index < -0.39 is 5.97 Å². The van der Waals surface area contributed by atoms with E-state index in [1.165, 1.54) is 24.1 Å². The van der Waals surface area contributed by atoms with Crippen molar-refractivity contribution >= 4 is 33.2 Å². The topological polar surface area (TPSA) is 55.8 Å². The third kappa shape index (κ3) is 3.52. The summed E-state index contributed by atoms with van der Waals surface area (Å²) < 4.78 is 11.5. The Kier molecular flexibility index (Phi) is 5.03. The van der Waals surface area contributed by atoms with Gasteiger partial charge in [0.2, 0.25) is 0 Å². The Labute approximate surface area is 129 Å². The van der Waals surface area contributed by atoms with Crippen LogP contribution >= 0.6 is 27.3 Å². The molecular formula is C14H13BrO4S. The Morgan fingerprint density at radius 3 is 2.85 bits per heavy atom. The highest BCUT2D eigenvalue weighted by atomic mass is 79.9. The number of benzene rings is 1. The average molecular weight is 357 g/mol. The Hall–Kier alpha value is -1.53. The van der Waals surface area contributed by atoms with E-state index >= 15 is 0 Å². The van der Waals surface area contributed by atoms with Gasteiger partial charge in [-0.1, -0.05) is 6.07 Å². The second-order valence-electron chi connectivity index (χ2n) is 3.97. The molecule has 1 aromatic heterocycles. The summed E-state index contributed by atoms with van der Waals surface area (Å²) in [5.41, 5.74) is 0.152. The number of methoxy groups -OCH3 is 1. The lowest BCUT2D eigenvalue weighted by Gasteiger charge is -2.13. The van der Waals surface area contributed by atoms with E-state index in [2.05, 4.69) is 15.9 Å². The number of thiophene rings is 1. The van der Waals surface area contributed by atoms with Crippen LogP contribution in [0.25, 0.3) is 0 Å². The molecule has 0 amide bonds. The van der Waals surface area contributed by atoms with Crippen LogP contribution in [0.5, 0.6) is 11.5 Å². The molecule has 0 radical (unpaired) electrons. The molecule has 2 aromatic rings. The average Bonchev–Trinajstić information content (AvgIpc) is 2.93. The number of hydrogen-bond donors (Lipinski definition) is 1. The van der Waals surface area contributed by atoms with Crippen LogP contribution in [0, 0.1) is 0 Å². The number of carboxylic acid groups (broad SMARTS) is 1. The maximum atomic E-state index is 11.0. The van der Waals surface area contributed by atoms with Crippen molar-refractivity contribution < 1.29 is 19.4 Å². The molecule has 0 aliphatic rings. The summed E-state index contributed by atoms with van der Waals surface area (Å²) in [6.45, 7) is 0.502. The largest absolute Gasteiger partial charge is 0.493 e. The van der Waals surface area contributed by atoms with Crippen molar-refractivity contribution in [2.75, 3.05) is 13.7 Å². The summed E-state index contributed by atoms with van der Waals surface area (Å²) in [7, 11) is 1.49. The molecule has 1 heterocycles. The number of rotatable bonds is 6. The summed E-state index contributed by atoms with van der Waals surface area (Å²) in [6.07, 6.45) is 0.800. The minimum Gasteiger partial charge on any atom is -0.493 e. The molecule has 0 bridgehead atoms. The highest BCUT2D eigenvalue weighted by Crippen LogP contribution is 2.36. The lowest BCUT2D eigenvalue weighted by molar-refractivity contribution is 0.0696. The fourth-order valence-electron chi connectivity index (χ4n) is 1.69. The summed E-state index contributed by atoms with van der Waals surface area (Å²) in [5, 5.41) is 11.0. The molecule has 4 nitrogen and oxygen atoms in total. The van der Waals surface area contributed by atoms with E-state index in [4.69, 9.17) is 14.6 Å². The number of carbonyl (C=O) groups is 1. The molecule has 0 aliphatic heterocycles. The normalized spacial score (nSPS) is 10.3. The molecule has 1 aromatic carbocycles. The van der Waals surface area contributed by atoms with Crippen molar-refractivity contribution in [1.82, 2.24) is 0 Å². The molecule has 1 N–H and O–H groups in total. The zero-order valence-corrected chi connectivity index (χ0v) is 13.2. The van der Waals surface area contributed by atoms with Crippen molar-refractivity contribution in [3.8, 4) is 11.5 Å². The van der Waals surface area contributed by atoms with E-state index in [0.29, 0.717) is 22.6 Å². The van der Waals surface area contributed by atoms with Crippen molar-refractivity contribution in [3.63, 3.8) is 0 Å². The van der Waals surface area contributed by atoms with Crippen LogP contribution in [0.2, 0.25) is 0 Å². The Morgan fingerprint density at radius 2 is 2.25 bits per heavy atom. The van der Waals surface area contributed by atoms with Crippen LogP contribution in [0.4, 0.5) is 0 Å². The third-order valence-corrected chi connectivity index (χ3v) is 4.18. The summed E-state index contributed by atoms with van der Waals surface area (Å²) in [5.74, 6) is -0.0776. The van der Waals surface area contributed by atoms with Crippen molar-refractivity contribution in [3.05, 3.63) is 44.6 Å². The van der Waals surface area contributed by atoms with Crippen LogP contribution in [0.1, 0.15) is 15.2 Å². The van der Waals surface area contributed by atoms with Crippen LogP contribution < -0.4 is 9.47 Å². The molecule has 0 atom stereocenters. The fourth-order valence-corrected chi connectivity index (χ4v) is 2.94. The van der Waals surface area contributed by atoms with Gasteiger partial charge in [0.05, 0.1) is 23.8 Å². The van der Waals surface area contributed by atoms with Gasteiger partial charge in [0.25, 0.3) is 0 Å². The lowest BCUT2D eigenvalue weighted by Crippen LogP contribution is -2.04. The highest BCUT2D eigenvalue weighted by molar-refractivity contribution is 9.10. The Bertz CT molecular complexity index is 595. The SMILES string of the molecule is COc1cc(C(=O)O)cc(Br)c1OCCc1cccs1. The first kappa shape index (κ1) is 14.9. The predicted octanol–water partition coefficient (Wildman–Crippen LogP) is 3.84. The second-order valence-corrected chi connectivity index (χ2v) is 5.86. The first-order valence-corrected chi connectivity index (χ1v) is 7.55. The first-order valence-electron chi connectivity index (χ1n) is 5.88. The molecule has 0 unspecified atom stereocenters. The molecule has 0 saturated heterocycles. The fraction of sp³-hybridized carbons (Fsp3) is 0.214. The summed E-state index contributed by atoms with van der Waals surface area (Å²) in [6, 6.07) is 7.00. The Morgan fingerprint density at radius 1 is 1.45 bits per heavy atom. The van der Waals surface area contributed by atoms with Crippen LogP contribution in [-0.2, 0) is 6.42 Å². The zero-order chi connectivity index (χ0) is 14.5. The van der Waals surface area contributed by atoms with Gasteiger partial charge in [0, 0.05) is 11.3 Å². The Balaban J connectivity index is 2.12. The van der Waals surface area contributed by atoms with Gasteiger partial charge in [-0.2, -0.15) is 0 Å². The number of aromatic carboxylic acids is 1. The zero-order valence-electron chi connectivity index (χ0n) is 10.8.